The summed E-state index contributed by atoms with van der Waals surface area (Å²) >= 11 is 0. The molecule has 1 unspecified atom stereocenters. The van der Waals surface area contributed by atoms with Gasteiger partial charge in [0.05, 0.1) is 0 Å². The van der Waals surface area contributed by atoms with Crippen molar-refractivity contribution >= 4 is 17.6 Å². The highest BCUT2D eigenvalue weighted by molar-refractivity contribution is 5.93. The van der Waals surface area contributed by atoms with Gasteiger partial charge in [0.2, 0.25) is 5.91 Å². The van der Waals surface area contributed by atoms with Crippen LogP contribution in [-0.4, -0.2) is 23.6 Å². The zero-order valence-corrected chi connectivity index (χ0v) is 14.5. The molecule has 1 atom stereocenters. The molecule has 1 fully saturated rings. The molecule has 0 saturated heterocycles. The highest BCUT2D eigenvalue weighted by atomic mass is 16.5. The van der Waals surface area contributed by atoms with Crippen molar-refractivity contribution in [2.45, 2.75) is 52.4 Å². The van der Waals surface area contributed by atoms with Gasteiger partial charge >= 0.3 is 5.97 Å². The molecule has 0 radical (unpaired) electrons. The van der Waals surface area contributed by atoms with Gasteiger partial charge in [0.25, 0.3) is 0 Å². The summed E-state index contributed by atoms with van der Waals surface area (Å²) in [6.07, 6.45) is 7.33. The Kier molecular flexibility index (Phi) is 6.64. The number of carboxylic acid groups (broad SMARTS) is 1. The molecule has 132 valence electrons. The second-order valence-electron chi connectivity index (χ2n) is 6.79. The zero-order valence-electron chi connectivity index (χ0n) is 14.5. The van der Waals surface area contributed by atoms with Gasteiger partial charge in [0.1, 0.15) is 5.75 Å². The summed E-state index contributed by atoms with van der Waals surface area (Å²) in [7, 11) is 0. The first-order valence-electron chi connectivity index (χ1n) is 8.72. The molecule has 0 heterocycles. The number of nitrogens with one attached hydrogen (secondary N) is 1. The molecule has 5 heteroatoms. The van der Waals surface area contributed by atoms with Crippen LogP contribution in [0.5, 0.6) is 5.75 Å². The SMILES string of the molecule is Cc1cc(OCC(=O)O)ccc1NC(=O)C(C)CC1CCCCC1. The molecule has 0 bridgehead atoms. The van der Waals surface area contributed by atoms with Gasteiger partial charge < -0.3 is 15.2 Å². The van der Waals surface area contributed by atoms with Crippen molar-refractivity contribution in [1.82, 2.24) is 0 Å². The fourth-order valence-corrected chi connectivity index (χ4v) is 3.30. The van der Waals surface area contributed by atoms with E-state index in [4.69, 9.17) is 9.84 Å². The first kappa shape index (κ1) is 18.3. The predicted molar refractivity (Wildman–Crippen MR) is 93.3 cm³/mol. The summed E-state index contributed by atoms with van der Waals surface area (Å²) in [5.74, 6) is 0.190. The molecule has 0 aromatic heterocycles. The van der Waals surface area contributed by atoms with Gasteiger partial charge in [-0.25, -0.2) is 4.79 Å². The van der Waals surface area contributed by atoms with Crippen LogP contribution in [0, 0.1) is 18.8 Å². The minimum Gasteiger partial charge on any atom is -0.482 e. The molecule has 1 aromatic rings. The fourth-order valence-electron chi connectivity index (χ4n) is 3.30. The highest BCUT2D eigenvalue weighted by Crippen LogP contribution is 2.30. The van der Waals surface area contributed by atoms with Crippen LogP contribution in [-0.2, 0) is 9.59 Å². The number of hydrogen-bond donors (Lipinski definition) is 2. The van der Waals surface area contributed by atoms with Crippen molar-refractivity contribution in [3.8, 4) is 5.75 Å². The van der Waals surface area contributed by atoms with E-state index >= 15 is 0 Å². The monoisotopic (exact) mass is 333 g/mol. The van der Waals surface area contributed by atoms with Crippen molar-refractivity contribution in [2.24, 2.45) is 11.8 Å². The highest BCUT2D eigenvalue weighted by Gasteiger charge is 2.21. The Morgan fingerprint density at radius 2 is 2.00 bits per heavy atom. The number of hydrogen-bond acceptors (Lipinski definition) is 3. The lowest BCUT2D eigenvalue weighted by atomic mass is 9.83. The lowest BCUT2D eigenvalue weighted by Crippen LogP contribution is -2.24. The Morgan fingerprint density at radius 1 is 1.29 bits per heavy atom. The number of carbonyl (C=O) groups excluding carboxylic acids is 1. The number of aryl methyl sites for hydroxylation is 1. The number of carboxylic acids is 1. The third kappa shape index (κ3) is 5.55. The molecular formula is C19H27NO4. The Balaban J connectivity index is 1.89. The summed E-state index contributed by atoms with van der Waals surface area (Å²) in [6.45, 7) is 3.49. The summed E-state index contributed by atoms with van der Waals surface area (Å²) in [6, 6.07) is 5.18. The molecule has 0 aliphatic heterocycles. The zero-order chi connectivity index (χ0) is 17.5. The van der Waals surface area contributed by atoms with Crippen LogP contribution in [0.4, 0.5) is 5.69 Å². The summed E-state index contributed by atoms with van der Waals surface area (Å²) < 4.78 is 5.14. The minimum absolute atomic E-state index is 0.00423. The molecule has 2 N–H and O–H groups in total. The van der Waals surface area contributed by atoms with Gasteiger partial charge in [0, 0.05) is 11.6 Å². The van der Waals surface area contributed by atoms with E-state index in [1.807, 2.05) is 13.8 Å². The van der Waals surface area contributed by atoms with E-state index in [2.05, 4.69) is 5.32 Å². The molecule has 0 spiro atoms. The number of rotatable bonds is 7. The topological polar surface area (TPSA) is 75.6 Å². The summed E-state index contributed by atoms with van der Waals surface area (Å²) in [4.78, 5) is 22.9. The number of carbonyl (C=O) groups is 2. The maximum Gasteiger partial charge on any atom is 0.341 e. The van der Waals surface area contributed by atoms with Crippen molar-refractivity contribution in [3.05, 3.63) is 23.8 Å². The number of aliphatic carboxylic acids is 1. The maximum atomic E-state index is 12.4. The normalized spacial score (nSPS) is 16.4. The van der Waals surface area contributed by atoms with Crippen molar-refractivity contribution in [3.63, 3.8) is 0 Å². The molecular weight excluding hydrogens is 306 g/mol. The predicted octanol–water partition coefficient (Wildman–Crippen LogP) is 4.00. The second-order valence-corrected chi connectivity index (χ2v) is 6.79. The number of anilines is 1. The van der Waals surface area contributed by atoms with E-state index in [0.717, 1.165) is 17.7 Å². The van der Waals surface area contributed by atoms with Gasteiger partial charge in [0.15, 0.2) is 6.61 Å². The molecule has 2 rings (SSSR count). The van der Waals surface area contributed by atoms with Crippen LogP contribution in [0.3, 0.4) is 0 Å². The van der Waals surface area contributed by atoms with E-state index in [1.165, 1.54) is 32.1 Å². The van der Waals surface area contributed by atoms with E-state index < -0.39 is 5.97 Å². The Labute approximate surface area is 143 Å². The van der Waals surface area contributed by atoms with Crippen molar-refractivity contribution < 1.29 is 19.4 Å². The lowest BCUT2D eigenvalue weighted by Gasteiger charge is -2.24. The van der Waals surface area contributed by atoms with Crippen LogP contribution in [0.2, 0.25) is 0 Å². The average Bonchev–Trinajstić information content (AvgIpc) is 2.56. The maximum absolute atomic E-state index is 12.4. The molecule has 1 saturated carbocycles. The Bertz CT molecular complexity index is 579. The number of ether oxygens (including phenoxy) is 1. The molecule has 1 aliphatic carbocycles. The van der Waals surface area contributed by atoms with E-state index in [9.17, 15) is 9.59 Å². The van der Waals surface area contributed by atoms with Gasteiger partial charge in [-0.05, 0) is 43.0 Å². The van der Waals surface area contributed by atoms with Gasteiger partial charge in [-0.2, -0.15) is 0 Å². The van der Waals surface area contributed by atoms with Gasteiger partial charge in [-0.15, -0.1) is 0 Å². The fraction of sp³-hybridized carbons (Fsp3) is 0.579. The summed E-state index contributed by atoms with van der Waals surface area (Å²) in [5.41, 5.74) is 1.61. The number of amides is 1. The molecule has 5 nitrogen and oxygen atoms in total. The number of benzene rings is 1. The first-order valence-corrected chi connectivity index (χ1v) is 8.72. The van der Waals surface area contributed by atoms with Crippen molar-refractivity contribution in [2.75, 3.05) is 11.9 Å². The average molecular weight is 333 g/mol. The third-order valence-corrected chi connectivity index (χ3v) is 4.68. The van der Waals surface area contributed by atoms with Gasteiger partial charge in [-0.3, -0.25) is 4.79 Å². The smallest absolute Gasteiger partial charge is 0.341 e. The lowest BCUT2D eigenvalue weighted by molar-refractivity contribution is -0.139. The molecule has 1 aliphatic rings. The largest absolute Gasteiger partial charge is 0.482 e. The van der Waals surface area contributed by atoms with Crippen LogP contribution in [0.1, 0.15) is 51.0 Å². The second kappa shape index (κ2) is 8.71. The third-order valence-electron chi connectivity index (χ3n) is 4.68. The van der Waals surface area contributed by atoms with Crippen LogP contribution >= 0.6 is 0 Å². The minimum atomic E-state index is -1.01. The molecule has 1 aromatic carbocycles. The standard InChI is InChI=1S/C19H27NO4/c1-13-11-16(24-12-18(21)22)8-9-17(13)20-19(23)14(2)10-15-6-4-3-5-7-15/h8-9,11,14-15H,3-7,10,12H2,1-2H3,(H,20,23)(H,21,22). The van der Waals surface area contributed by atoms with E-state index in [-0.39, 0.29) is 18.4 Å². The Hall–Kier alpha value is -2.04. The van der Waals surface area contributed by atoms with Crippen LogP contribution in [0.15, 0.2) is 18.2 Å². The van der Waals surface area contributed by atoms with Crippen LogP contribution in [0.25, 0.3) is 0 Å². The quantitative estimate of drug-likeness (QED) is 0.790. The molecule has 1 amide bonds. The van der Waals surface area contributed by atoms with Gasteiger partial charge in [-0.1, -0.05) is 39.0 Å². The van der Waals surface area contributed by atoms with Crippen molar-refractivity contribution in [1.29, 1.82) is 0 Å². The van der Waals surface area contributed by atoms with Crippen LogP contribution < -0.4 is 10.1 Å². The Morgan fingerprint density at radius 3 is 2.62 bits per heavy atom. The molecule has 24 heavy (non-hydrogen) atoms. The summed E-state index contributed by atoms with van der Waals surface area (Å²) in [5, 5.41) is 11.6. The first-order chi connectivity index (χ1) is 11.5. The van der Waals surface area contributed by atoms with E-state index in [0.29, 0.717) is 11.7 Å². The van der Waals surface area contributed by atoms with E-state index in [1.54, 1.807) is 18.2 Å².